The minimum absolute atomic E-state index is 0.0975. The Labute approximate surface area is 93.4 Å². The Morgan fingerprint density at radius 1 is 1.19 bits per heavy atom. The molecule has 16 heavy (non-hydrogen) atoms. The van der Waals surface area contributed by atoms with E-state index in [9.17, 15) is 14.7 Å². The molecule has 0 spiro atoms. The highest BCUT2D eigenvalue weighted by molar-refractivity contribution is 5.83. The SMILES string of the molecule is O=C(O)N1CCC(N2CCC(O)C2=O)CC1. The van der Waals surface area contributed by atoms with Crippen molar-refractivity contribution < 1.29 is 19.8 Å². The summed E-state index contributed by atoms with van der Waals surface area (Å²) in [6.45, 7) is 1.54. The normalized spacial score (nSPS) is 27.6. The number of nitrogens with zero attached hydrogens (tertiary/aromatic N) is 2. The number of hydrogen-bond donors (Lipinski definition) is 2. The van der Waals surface area contributed by atoms with Crippen molar-refractivity contribution in [3.05, 3.63) is 0 Å². The molecule has 6 nitrogen and oxygen atoms in total. The van der Waals surface area contributed by atoms with Gasteiger partial charge in [0.05, 0.1) is 0 Å². The highest BCUT2D eigenvalue weighted by atomic mass is 16.4. The molecule has 2 fully saturated rings. The fourth-order valence-electron chi connectivity index (χ4n) is 2.42. The lowest BCUT2D eigenvalue weighted by molar-refractivity contribution is -0.137. The Hall–Kier alpha value is -1.30. The largest absolute Gasteiger partial charge is 0.465 e. The topological polar surface area (TPSA) is 81.1 Å². The summed E-state index contributed by atoms with van der Waals surface area (Å²) >= 11 is 0. The van der Waals surface area contributed by atoms with Gasteiger partial charge in [-0.25, -0.2) is 4.79 Å². The molecule has 1 unspecified atom stereocenters. The number of rotatable bonds is 1. The van der Waals surface area contributed by atoms with Gasteiger partial charge in [0.25, 0.3) is 5.91 Å². The third-order valence-corrected chi connectivity index (χ3v) is 3.39. The van der Waals surface area contributed by atoms with Gasteiger partial charge in [0.1, 0.15) is 6.10 Å². The number of piperidine rings is 1. The predicted molar refractivity (Wildman–Crippen MR) is 55.0 cm³/mol. The zero-order valence-corrected chi connectivity index (χ0v) is 9.00. The van der Waals surface area contributed by atoms with Gasteiger partial charge in [-0.15, -0.1) is 0 Å². The fraction of sp³-hybridized carbons (Fsp3) is 0.800. The first-order valence-electron chi connectivity index (χ1n) is 5.56. The van der Waals surface area contributed by atoms with E-state index in [1.807, 2.05) is 0 Å². The lowest BCUT2D eigenvalue weighted by Gasteiger charge is -2.35. The molecular formula is C10H16N2O4. The van der Waals surface area contributed by atoms with Crippen LogP contribution in [0.25, 0.3) is 0 Å². The van der Waals surface area contributed by atoms with Gasteiger partial charge in [0.15, 0.2) is 0 Å². The van der Waals surface area contributed by atoms with Crippen LogP contribution >= 0.6 is 0 Å². The van der Waals surface area contributed by atoms with Crippen LogP contribution in [-0.2, 0) is 4.79 Å². The van der Waals surface area contributed by atoms with Crippen molar-refractivity contribution in [2.24, 2.45) is 0 Å². The number of carboxylic acid groups (broad SMARTS) is 1. The molecule has 2 rings (SSSR count). The molecule has 0 aliphatic carbocycles. The maximum atomic E-state index is 11.6. The fourth-order valence-corrected chi connectivity index (χ4v) is 2.42. The standard InChI is InChI=1S/C10H16N2O4/c13-8-3-6-12(9(8)14)7-1-4-11(5-2-7)10(15)16/h7-8,13H,1-6H2,(H,15,16). The van der Waals surface area contributed by atoms with Crippen LogP contribution in [0.15, 0.2) is 0 Å². The Kier molecular flexibility index (Phi) is 3.00. The highest BCUT2D eigenvalue weighted by Crippen LogP contribution is 2.22. The molecule has 2 saturated heterocycles. The molecule has 0 bridgehead atoms. The van der Waals surface area contributed by atoms with E-state index in [0.29, 0.717) is 38.9 Å². The van der Waals surface area contributed by atoms with Crippen LogP contribution in [0.4, 0.5) is 4.79 Å². The summed E-state index contributed by atoms with van der Waals surface area (Å²) in [6.07, 6.45) is 0.0942. The molecule has 2 amide bonds. The minimum atomic E-state index is -0.897. The summed E-state index contributed by atoms with van der Waals surface area (Å²) < 4.78 is 0. The molecule has 90 valence electrons. The third-order valence-electron chi connectivity index (χ3n) is 3.39. The molecular weight excluding hydrogens is 212 g/mol. The van der Waals surface area contributed by atoms with Crippen molar-refractivity contribution in [3.8, 4) is 0 Å². The van der Waals surface area contributed by atoms with E-state index in [4.69, 9.17) is 5.11 Å². The molecule has 0 aromatic carbocycles. The van der Waals surface area contributed by atoms with E-state index in [1.54, 1.807) is 4.90 Å². The maximum absolute atomic E-state index is 11.6. The second-order valence-corrected chi connectivity index (χ2v) is 4.34. The second kappa shape index (κ2) is 4.29. The van der Waals surface area contributed by atoms with E-state index >= 15 is 0 Å². The monoisotopic (exact) mass is 228 g/mol. The molecule has 2 aliphatic heterocycles. The third kappa shape index (κ3) is 1.97. The molecule has 2 aliphatic rings. The van der Waals surface area contributed by atoms with Gasteiger partial charge in [0.2, 0.25) is 0 Å². The van der Waals surface area contributed by atoms with Crippen LogP contribution in [0.2, 0.25) is 0 Å². The molecule has 1 atom stereocenters. The summed E-state index contributed by atoms with van der Waals surface area (Å²) in [6, 6.07) is 0.0975. The van der Waals surface area contributed by atoms with Crippen molar-refractivity contribution in [1.82, 2.24) is 9.80 Å². The number of hydrogen-bond acceptors (Lipinski definition) is 3. The van der Waals surface area contributed by atoms with Crippen molar-refractivity contribution >= 4 is 12.0 Å². The van der Waals surface area contributed by atoms with Crippen molar-refractivity contribution in [1.29, 1.82) is 0 Å². The van der Waals surface area contributed by atoms with Gasteiger partial charge in [-0.05, 0) is 19.3 Å². The van der Waals surface area contributed by atoms with Crippen molar-refractivity contribution in [2.45, 2.75) is 31.4 Å². The average molecular weight is 228 g/mol. The van der Waals surface area contributed by atoms with Crippen LogP contribution < -0.4 is 0 Å². The molecule has 6 heteroatoms. The molecule has 2 N–H and O–H groups in total. The Morgan fingerprint density at radius 3 is 2.25 bits per heavy atom. The van der Waals surface area contributed by atoms with Gasteiger partial charge >= 0.3 is 6.09 Å². The number of carbonyl (C=O) groups is 2. The summed E-state index contributed by atoms with van der Waals surface area (Å²) in [5.41, 5.74) is 0. The summed E-state index contributed by atoms with van der Waals surface area (Å²) in [4.78, 5) is 25.3. The van der Waals surface area contributed by atoms with Crippen molar-refractivity contribution in [3.63, 3.8) is 0 Å². The number of likely N-dealkylation sites (tertiary alicyclic amines) is 2. The zero-order valence-electron chi connectivity index (χ0n) is 9.00. The van der Waals surface area contributed by atoms with Crippen LogP contribution in [0.3, 0.4) is 0 Å². The molecule has 2 heterocycles. The van der Waals surface area contributed by atoms with E-state index in [0.717, 1.165) is 0 Å². The van der Waals surface area contributed by atoms with Gasteiger partial charge in [0, 0.05) is 25.7 Å². The average Bonchev–Trinajstić information content (AvgIpc) is 2.60. The van der Waals surface area contributed by atoms with Crippen molar-refractivity contribution in [2.75, 3.05) is 19.6 Å². The van der Waals surface area contributed by atoms with E-state index in [2.05, 4.69) is 0 Å². The quantitative estimate of drug-likeness (QED) is 0.647. The second-order valence-electron chi connectivity index (χ2n) is 4.34. The Morgan fingerprint density at radius 2 is 1.81 bits per heavy atom. The van der Waals surface area contributed by atoms with Crippen LogP contribution in [0.1, 0.15) is 19.3 Å². The molecule has 0 radical (unpaired) electrons. The smallest absolute Gasteiger partial charge is 0.407 e. The summed E-state index contributed by atoms with van der Waals surface area (Å²) in [7, 11) is 0. The van der Waals surface area contributed by atoms with Gasteiger partial charge < -0.3 is 20.0 Å². The minimum Gasteiger partial charge on any atom is -0.465 e. The Balaban J connectivity index is 1.90. The number of amides is 2. The van der Waals surface area contributed by atoms with Crippen LogP contribution in [0, 0.1) is 0 Å². The van der Waals surface area contributed by atoms with E-state index in [1.165, 1.54) is 4.90 Å². The zero-order chi connectivity index (χ0) is 11.7. The number of aliphatic hydroxyl groups is 1. The molecule has 0 aromatic rings. The molecule has 0 aromatic heterocycles. The lowest BCUT2D eigenvalue weighted by atomic mass is 10.0. The predicted octanol–water partition coefficient (Wildman–Crippen LogP) is -0.278. The van der Waals surface area contributed by atoms with Gasteiger partial charge in [-0.3, -0.25) is 4.79 Å². The Bertz CT molecular complexity index is 299. The van der Waals surface area contributed by atoms with Crippen LogP contribution in [-0.4, -0.2) is 63.8 Å². The van der Waals surface area contributed by atoms with E-state index in [-0.39, 0.29) is 11.9 Å². The summed E-state index contributed by atoms with van der Waals surface area (Å²) in [5, 5.41) is 18.1. The number of carbonyl (C=O) groups excluding carboxylic acids is 1. The first kappa shape index (κ1) is 11.2. The number of aliphatic hydroxyl groups excluding tert-OH is 1. The summed E-state index contributed by atoms with van der Waals surface area (Å²) in [5.74, 6) is -0.200. The lowest BCUT2D eigenvalue weighted by Crippen LogP contribution is -2.47. The van der Waals surface area contributed by atoms with Gasteiger partial charge in [-0.1, -0.05) is 0 Å². The van der Waals surface area contributed by atoms with Crippen LogP contribution in [0.5, 0.6) is 0 Å². The molecule has 0 saturated carbocycles. The van der Waals surface area contributed by atoms with Gasteiger partial charge in [-0.2, -0.15) is 0 Å². The first-order chi connectivity index (χ1) is 7.59. The first-order valence-corrected chi connectivity index (χ1v) is 5.56. The highest BCUT2D eigenvalue weighted by Gasteiger charge is 2.36. The maximum Gasteiger partial charge on any atom is 0.407 e. The van der Waals surface area contributed by atoms with E-state index < -0.39 is 12.2 Å².